The van der Waals surface area contributed by atoms with Gasteiger partial charge in [0.15, 0.2) is 0 Å². The van der Waals surface area contributed by atoms with Crippen LogP contribution in [0.4, 0.5) is 20.2 Å². The average molecular weight is 362 g/mol. The van der Waals surface area contributed by atoms with Gasteiger partial charge in [-0.1, -0.05) is 23.9 Å². The molecule has 6 heteroatoms. The van der Waals surface area contributed by atoms with Crippen molar-refractivity contribution in [3.63, 3.8) is 0 Å². The molecule has 0 aliphatic carbocycles. The number of alkyl halides is 2. The molecule has 0 bridgehead atoms. The van der Waals surface area contributed by atoms with Crippen molar-refractivity contribution in [3.05, 3.63) is 54.1 Å². The van der Waals surface area contributed by atoms with Gasteiger partial charge in [-0.25, -0.2) is 0 Å². The third-order valence-corrected chi connectivity index (χ3v) is 4.98. The zero-order valence-electron chi connectivity index (χ0n) is 13.8. The largest absolute Gasteiger partial charge is 0.372 e. The zero-order valence-corrected chi connectivity index (χ0v) is 14.6. The summed E-state index contributed by atoms with van der Waals surface area (Å²) >= 11 is 0.384. The van der Waals surface area contributed by atoms with Crippen LogP contribution in [0.25, 0.3) is 0 Å². The lowest BCUT2D eigenvalue weighted by atomic mass is 10.1. The van der Waals surface area contributed by atoms with Crippen LogP contribution in [0.15, 0.2) is 53.4 Å². The van der Waals surface area contributed by atoms with Crippen molar-refractivity contribution in [2.75, 3.05) is 23.3 Å². The van der Waals surface area contributed by atoms with E-state index in [-0.39, 0.29) is 16.4 Å². The van der Waals surface area contributed by atoms with Gasteiger partial charge in [0.05, 0.1) is 5.56 Å². The van der Waals surface area contributed by atoms with Crippen molar-refractivity contribution in [1.29, 1.82) is 0 Å². The van der Waals surface area contributed by atoms with Crippen LogP contribution < -0.4 is 10.2 Å². The van der Waals surface area contributed by atoms with Gasteiger partial charge in [0, 0.05) is 29.4 Å². The third-order valence-electron chi connectivity index (χ3n) is 4.19. The van der Waals surface area contributed by atoms with E-state index in [4.69, 9.17) is 0 Å². The van der Waals surface area contributed by atoms with Crippen LogP contribution in [0.1, 0.15) is 29.6 Å². The molecule has 0 aromatic heterocycles. The lowest BCUT2D eigenvalue weighted by Gasteiger charge is -2.28. The summed E-state index contributed by atoms with van der Waals surface area (Å²) in [4.78, 5) is 15.0. The molecule has 0 atom stereocenters. The summed E-state index contributed by atoms with van der Waals surface area (Å²) in [5.41, 5.74) is 2.06. The summed E-state index contributed by atoms with van der Waals surface area (Å²) in [5.74, 6) is -2.94. The number of amides is 1. The second-order valence-electron chi connectivity index (χ2n) is 5.92. The minimum atomic E-state index is -2.56. The predicted molar refractivity (Wildman–Crippen MR) is 98.8 cm³/mol. The van der Waals surface area contributed by atoms with E-state index in [1.54, 1.807) is 18.2 Å². The number of nitrogens with one attached hydrogen (secondary N) is 1. The molecule has 132 valence electrons. The van der Waals surface area contributed by atoms with Gasteiger partial charge in [-0.05, 0) is 55.7 Å². The van der Waals surface area contributed by atoms with Gasteiger partial charge in [0.1, 0.15) is 0 Å². The first-order valence-corrected chi connectivity index (χ1v) is 9.21. The van der Waals surface area contributed by atoms with E-state index in [2.05, 4.69) is 10.2 Å². The molecule has 1 N–H and O–H groups in total. The molecule has 0 radical (unpaired) electrons. The molecule has 1 amide bonds. The lowest BCUT2D eigenvalue weighted by molar-refractivity contribution is 0.102. The van der Waals surface area contributed by atoms with E-state index in [0.29, 0.717) is 17.4 Å². The van der Waals surface area contributed by atoms with Crippen LogP contribution in [0.2, 0.25) is 0 Å². The van der Waals surface area contributed by atoms with Crippen LogP contribution in [-0.4, -0.2) is 24.8 Å². The highest BCUT2D eigenvalue weighted by molar-refractivity contribution is 7.99. The van der Waals surface area contributed by atoms with E-state index in [1.807, 2.05) is 24.3 Å². The number of piperidine rings is 1. The van der Waals surface area contributed by atoms with Crippen molar-refractivity contribution in [3.8, 4) is 0 Å². The van der Waals surface area contributed by atoms with Gasteiger partial charge in [0.25, 0.3) is 11.7 Å². The third kappa shape index (κ3) is 4.72. The number of nitrogens with zero attached hydrogens (tertiary/aromatic N) is 1. The van der Waals surface area contributed by atoms with Crippen molar-refractivity contribution < 1.29 is 13.6 Å². The quantitative estimate of drug-likeness (QED) is 0.738. The first-order chi connectivity index (χ1) is 12.1. The summed E-state index contributed by atoms with van der Waals surface area (Å²) in [6.45, 7) is 2.12. The standard InChI is InChI=1S/C19H20F2N2OS/c20-19(21)25-17-7-3-2-6-16(17)18(24)22-14-8-10-15(11-9-14)23-12-4-1-5-13-23/h2-3,6-11,19H,1,4-5,12-13H2,(H,22,24). The minimum Gasteiger partial charge on any atom is -0.372 e. The van der Waals surface area contributed by atoms with Crippen molar-refractivity contribution >= 4 is 29.0 Å². The Labute approximate surface area is 150 Å². The fourth-order valence-corrected chi connectivity index (χ4v) is 3.60. The molecule has 1 heterocycles. The normalized spacial score (nSPS) is 14.6. The highest BCUT2D eigenvalue weighted by Gasteiger charge is 2.16. The highest BCUT2D eigenvalue weighted by atomic mass is 32.2. The van der Waals surface area contributed by atoms with Gasteiger partial charge in [0.2, 0.25) is 0 Å². The Bertz CT molecular complexity index is 716. The highest BCUT2D eigenvalue weighted by Crippen LogP contribution is 2.29. The maximum absolute atomic E-state index is 12.6. The molecule has 1 aliphatic rings. The van der Waals surface area contributed by atoms with Crippen molar-refractivity contribution in [1.82, 2.24) is 0 Å². The number of anilines is 2. The van der Waals surface area contributed by atoms with Gasteiger partial charge < -0.3 is 10.2 Å². The van der Waals surface area contributed by atoms with Crippen LogP contribution in [0.5, 0.6) is 0 Å². The number of carbonyl (C=O) groups is 1. The summed E-state index contributed by atoms with van der Waals surface area (Å²) in [5, 5.41) is 2.79. The SMILES string of the molecule is O=C(Nc1ccc(N2CCCCC2)cc1)c1ccccc1SC(F)F. The maximum Gasteiger partial charge on any atom is 0.288 e. The Morgan fingerprint density at radius 2 is 1.68 bits per heavy atom. The fraction of sp³-hybridized carbons (Fsp3) is 0.316. The molecule has 1 aliphatic heterocycles. The van der Waals surface area contributed by atoms with Crippen LogP contribution in [-0.2, 0) is 0 Å². The first-order valence-electron chi connectivity index (χ1n) is 8.34. The van der Waals surface area contributed by atoms with E-state index < -0.39 is 5.76 Å². The molecule has 3 rings (SSSR count). The smallest absolute Gasteiger partial charge is 0.288 e. The maximum atomic E-state index is 12.6. The molecular formula is C19H20F2N2OS. The number of hydrogen-bond acceptors (Lipinski definition) is 3. The average Bonchev–Trinajstić information content (AvgIpc) is 2.63. The van der Waals surface area contributed by atoms with E-state index >= 15 is 0 Å². The number of benzene rings is 2. The number of rotatable bonds is 5. The summed E-state index contributed by atoms with van der Waals surface area (Å²) < 4.78 is 25.3. The second-order valence-corrected chi connectivity index (χ2v) is 6.96. The number of thioether (sulfide) groups is 1. The Kier molecular flexibility index (Phi) is 5.91. The molecule has 0 saturated carbocycles. The van der Waals surface area contributed by atoms with Crippen LogP contribution >= 0.6 is 11.8 Å². The molecule has 0 unspecified atom stereocenters. The summed E-state index contributed by atoms with van der Waals surface area (Å²) in [6.07, 6.45) is 3.69. The van der Waals surface area contributed by atoms with Crippen LogP contribution in [0, 0.1) is 0 Å². The van der Waals surface area contributed by atoms with E-state index in [0.717, 1.165) is 18.8 Å². The Balaban J connectivity index is 1.69. The van der Waals surface area contributed by atoms with Crippen molar-refractivity contribution in [2.24, 2.45) is 0 Å². The molecule has 25 heavy (non-hydrogen) atoms. The fourth-order valence-electron chi connectivity index (χ4n) is 2.96. The minimum absolute atomic E-state index is 0.257. The molecular weight excluding hydrogens is 342 g/mol. The Hall–Kier alpha value is -2.08. The lowest BCUT2D eigenvalue weighted by Crippen LogP contribution is -2.29. The first kappa shape index (κ1) is 17.7. The van der Waals surface area contributed by atoms with Gasteiger partial charge in [-0.15, -0.1) is 0 Å². The van der Waals surface area contributed by atoms with Crippen molar-refractivity contribution in [2.45, 2.75) is 29.9 Å². The van der Waals surface area contributed by atoms with Gasteiger partial charge >= 0.3 is 0 Å². The number of hydrogen-bond donors (Lipinski definition) is 1. The Morgan fingerprint density at radius 3 is 2.36 bits per heavy atom. The summed E-state index contributed by atoms with van der Waals surface area (Å²) in [6, 6.07) is 14.1. The summed E-state index contributed by atoms with van der Waals surface area (Å²) in [7, 11) is 0. The van der Waals surface area contributed by atoms with Gasteiger partial charge in [-0.3, -0.25) is 4.79 Å². The molecule has 0 spiro atoms. The number of halogens is 2. The topological polar surface area (TPSA) is 32.3 Å². The molecule has 2 aromatic carbocycles. The van der Waals surface area contributed by atoms with Gasteiger partial charge in [-0.2, -0.15) is 8.78 Å². The predicted octanol–water partition coefficient (Wildman–Crippen LogP) is 5.24. The second kappa shape index (κ2) is 8.34. The van der Waals surface area contributed by atoms with E-state index in [1.165, 1.54) is 25.3 Å². The van der Waals surface area contributed by atoms with E-state index in [9.17, 15) is 13.6 Å². The number of carbonyl (C=O) groups excluding carboxylic acids is 1. The van der Waals surface area contributed by atoms with Crippen LogP contribution in [0.3, 0.4) is 0 Å². The zero-order chi connectivity index (χ0) is 17.6. The Morgan fingerprint density at radius 1 is 1.00 bits per heavy atom. The monoisotopic (exact) mass is 362 g/mol. The molecule has 1 saturated heterocycles. The molecule has 3 nitrogen and oxygen atoms in total. The molecule has 1 fully saturated rings. The molecule has 2 aromatic rings.